The van der Waals surface area contributed by atoms with Gasteiger partial charge < -0.3 is 10.2 Å². The molecule has 2 fully saturated rings. The number of carbonyl (C=O) groups is 2. The summed E-state index contributed by atoms with van der Waals surface area (Å²) in [5.41, 5.74) is 2.26. The number of sulfonamides is 1. The molecule has 2 aromatic carbocycles. The van der Waals surface area contributed by atoms with E-state index in [2.05, 4.69) is 5.32 Å². The molecule has 2 aliphatic heterocycles. The number of nitrogens with one attached hydrogen (secondary N) is 1. The minimum Gasteiger partial charge on any atom is -0.326 e. The van der Waals surface area contributed by atoms with Gasteiger partial charge in [0, 0.05) is 48.8 Å². The number of amides is 2. The average molecular weight is 454 g/mol. The average Bonchev–Trinajstić information content (AvgIpc) is 3.24. The van der Waals surface area contributed by atoms with E-state index in [0.29, 0.717) is 44.6 Å². The molecule has 0 unspecified atom stereocenters. The Balaban J connectivity index is 1.33. The Morgan fingerprint density at radius 2 is 1.75 bits per heavy atom. The molecule has 8 heteroatoms. The van der Waals surface area contributed by atoms with Gasteiger partial charge in [-0.25, -0.2) is 8.42 Å². The van der Waals surface area contributed by atoms with Gasteiger partial charge in [0.15, 0.2) is 0 Å². The van der Waals surface area contributed by atoms with Gasteiger partial charge in [0.25, 0.3) is 0 Å². The van der Waals surface area contributed by atoms with Crippen LogP contribution in [-0.4, -0.2) is 44.2 Å². The maximum atomic E-state index is 12.8. The van der Waals surface area contributed by atoms with E-state index in [-0.39, 0.29) is 17.7 Å². The van der Waals surface area contributed by atoms with Gasteiger partial charge in [-0.3, -0.25) is 9.59 Å². The van der Waals surface area contributed by atoms with Crippen LogP contribution < -0.4 is 10.2 Å². The molecule has 0 aliphatic carbocycles. The molecule has 0 spiro atoms. The smallest absolute Gasteiger partial charge is 0.236 e. The summed E-state index contributed by atoms with van der Waals surface area (Å²) in [6.45, 7) is 1.31. The molecule has 0 aromatic heterocycles. The van der Waals surface area contributed by atoms with Gasteiger partial charge in [0.1, 0.15) is 0 Å². The molecule has 4 rings (SSSR count). The highest BCUT2D eigenvalue weighted by Gasteiger charge is 2.30. The SMILES string of the molecule is O=C(Nc1cccc(N2CCCC2=O)c1)C1CCN(S(=O)(=O)C=Cc2ccccc2)CC1. The Hall–Kier alpha value is -2.97. The Bertz CT molecular complexity index is 1110. The molecular formula is C24H27N3O4S. The van der Waals surface area contributed by atoms with Crippen molar-refractivity contribution in [1.82, 2.24) is 4.31 Å². The summed E-state index contributed by atoms with van der Waals surface area (Å²) in [4.78, 5) is 26.5. The van der Waals surface area contributed by atoms with E-state index < -0.39 is 10.0 Å². The first kappa shape index (κ1) is 22.2. The summed E-state index contributed by atoms with van der Waals surface area (Å²) in [5.74, 6) is -0.272. The Kier molecular flexibility index (Phi) is 6.72. The summed E-state index contributed by atoms with van der Waals surface area (Å²) >= 11 is 0. The lowest BCUT2D eigenvalue weighted by Crippen LogP contribution is -2.40. The van der Waals surface area contributed by atoms with Crippen LogP contribution in [0.25, 0.3) is 6.08 Å². The molecule has 2 heterocycles. The summed E-state index contributed by atoms with van der Waals surface area (Å²) in [5, 5.41) is 4.16. The number of carbonyl (C=O) groups excluding carboxylic acids is 2. The summed E-state index contributed by atoms with van der Waals surface area (Å²) in [6.07, 6.45) is 3.92. The van der Waals surface area contributed by atoms with Crippen molar-refractivity contribution in [3.05, 3.63) is 65.6 Å². The highest BCUT2D eigenvalue weighted by molar-refractivity contribution is 7.92. The molecule has 168 valence electrons. The van der Waals surface area contributed by atoms with Crippen LogP contribution in [0, 0.1) is 5.92 Å². The number of hydrogen-bond donors (Lipinski definition) is 1. The molecule has 1 N–H and O–H groups in total. The molecule has 2 aromatic rings. The molecule has 0 radical (unpaired) electrons. The monoisotopic (exact) mass is 453 g/mol. The fourth-order valence-electron chi connectivity index (χ4n) is 4.10. The quantitative estimate of drug-likeness (QED) is 0.726. The third kappa shape index (κ3) is 5.26. The largest absolute Gasteiger partial charge is 0.326 e. The van der Waals surface area contributed by atoms with Gasteiger partial charge in [-0.1, -0.05) is 36.4 Å². The van der Waals surface area contributed by atoms with Crippen LogP contribution in [-0.2, 0) is 19.6 Å². The van der Waals surface area contributed by atoms with Crippen molar-refractivity contribution in [2.75, 3.05) is 29.9 Å². The van der Waals surface area contributed by atoms with Crippen LogP contribution in [0.4, 0.5) is 11.4 Å². The zero-order valence-electron chi connectivity index (χ0n) is 17.8. The van der Waals surface area contributed by atoms with Gasteiger partial charge in [-0.2, -0.15) is 4.31 Å². The highest BCUT2D eigenvalue weighted by atomic mass is 32.2. The third-order valence-corrected chi connectivity index (χ3v) is 7.48. The molecule has 2 amide bonds. The first-order chi connectivity index (χ1) is 15.4. The predicted octanol–water partition coefficient (Wildman–Crippen LogP) is 3.46. The number of hydrogen-bond acceptors (Lipinski definition) is 4. The normalized spacial score (nSPS) is 18.4. The zero-order valence-corrected chi connectivity index (χ0v) is 18.6. The van der Waals surface area contributed by atoms with Crippen LogP contribution in [0.15, 0.2) is 60.0 Å². The lowest BCUT2D eigenvalue weighted by Gasteiger charge is -2.29. The molecule has 7 nitrogen and oxygen atoms in total. The fourth-order valence-corrected chi connectivity index (χ4v) is 5.33. The molecule has 2 aliphatic rings. The molecule has 32 heavy (non-hydrogen) atoms. The second-order valence-electron chi connectivity index (χ2n) is 8.12. The van der Waals surface area contributed by atoms with Crippen LogP contribution in [0.5, 0.6) is 0 Å². The van der Waals surface area contributed by atoms with E-state index in [9.17, 15) is 18.0 Å². The van der Waals surface area contributed by atoms with Gasteiger partial charge >= 0.3 is 0 Å². The van der Waals surface area contributed by atoms with E-state index in [4.69, 9.17) is 0 Å². The lowest BCUT2D eigenvalue weighted by atomic mass is 9.97. The topological polar surface area (TPSA) is 86.8 Å². The minimum atomic E-state index is -3.53. The third-order valence-electron chi connectivity index (χ3n) is 5.92. The van der Waals surface area contributed by atoms with Crippen molar-refractivity contribution >= 4 is 39.3 Å². The Labute approximate surface area is 188 Å². The van der Waals surface area contributed by atoms with E-state index in [1.165, 1.54) is 9.71 Å². The highest BCUT2D eigenvalue weighted by Crippen LogP contribution is 2.26. The summed E-state index contributed by atoms with van der Waals surface area (Å²) in [7, 11) is -3.53. The number of rotatable bonds is 6. The van der Waals surface area contributed by atoms with E-state index >= 15 is 0 Å². The number of anilines is 2. The number of benzene rings is 2. The van der Waals surface area contributed by atoms with Crippen molar-refractivity contribution < 1.29 is 18.0 Å². The van der Waals surface area contributed by atoms with Crippen molar-refractivity contribution in [2.45, 2.75) is 25.7 Å². The van der Waals surface area contributed by atoms with Crippen LogP contribution in [0.3, 0.4) is 0 Å². The second kappa shape index (κ2) is 9.67. The molecular weight excluding hydrogens is 426 g/mol. The van der Waals surface area contributed by atoms with Crippen LogP contribution in [0.1, 0.15) is 31.2 Å². The predicted molar refractivity (Wildman–Crippen MR) is 125 cm³/mol. The second-order valence-corrected chi connectivity index (χ2v) is 9.94. The van der Waals surface area contributed by atoms with Crippen molar-refractivity contribution in [3.8, 4) is 0 Å². The maximum absolute atomic E-state index is 12.8. The molecule has 0 saturated carbocycles. The van der Waals surface area contributed by atoms with Gasteiger partial charge in [-0.15, -0.1) is 0 Å². The molecule has 0 atom stereocenters. The lowest BCUT2D eigenvalue weighted by molar-refractivity contribution is -0.121. The van der Waals surface area contributed by atoms with Crippen molar-refractivity contribution in [2.24, 2.45) is 5.92 Å². The summed E-state index contributed by atoms with van der Waals surface area (Å²) in [6, 6.07) is 16.6. The number of nitrogens with zero attached hydrogens (tertiary/aromatic N) is 2. The zero-order chi connectivity index (χ0) is 22.6. The first-order valence-corrected chi connectivity index (χ1v) is 12.4. The minimum absolute atomic E-state index is 0.100. The van der Waals surface area contributed by atoms with Crippen molar-refractivity contribution in [3.63, 3.8) is 0 Å². The van der Waals surface area contributed by atoms with Gasteiger partial charge in [0.2, 0.25) is 21.8 Å². The van der Waals surface area contributed by atoms with E-state index in [1.807, 2.05) is 48.5 Å². The first-order valence-electron chi connectivity index (χ1n) is 10.9. The fraction of sp³-hybridized carbons (Fsp3) is 0.333. The number of piperidine rings is 1. The Morgan fingerprint density at radius 3 is 2.44 bits per heavy atom. The van der Waals surface area contributed by atoms with Crippen LogP contribution >= 0.6 is 0 Å². The molecule has 2 saturated heterocycles. The van der Waals surface area contributed by atoms with Gasteiger partial charge in [0.05, 0.1) is 0 Å². The van der Waals surface area contributed by atoms with E-state index in [0.717, 1.165) is 17.7 Å². The van der Waals surface area contributed by atoms with Gasteiger partial charge in [-0.05, 0) is 49.1 Å². The van der Waals surface area contributed by atoms with Crippen LogP contribution in [0.2, 0.25) is 0 Å². The summed E-state index contributed by atoms with van der Waals surface area (Å²) < 4.78 is 26.7. The molecule has 0 bridgehead atoms. The van der Waals surface area contributed by atoms with E-state index in [1.54, 1.807) is 17.0 Å². The maximum Gasteiger partial charge on any atom is 0.236 e. The Morgan fingerprint density at radius 1 is 1.00 bits per heavy atom. The standard InChI is InChI=1S/C24H27N3O4S/c28-23-10-5-14-27(23)22-9-4-8-21(18-22)25-24(29)20-11-15-26(16-12-20)32(30,31)17-13-19-6-2-1-3-7-19/h1-4,6-9,13,17-18,20H,5,10-12,14-16H2,(H,25,29). The van der Waals surface area contributed by atoms with Crippen molar-refractivity contribution in [1.29, 1.82) is 0 Å².